The van der Waals surface area contributed by atoms with Crippen LogP contribution in [0, 0.1) is 12.8 Å². The molecule has 0 bridgehead atoms. The number of benzene rings is 1. The van der Waals surface area contributed by atoms with Gasteiger partial charge in [0.15, 0.2) is 0 Å². The van der Waals surface area contributed by atoms with E-state index in [-0.39, 0.29) is 6.09 Å². The molecule has 0 saturated carbocycles. The van der Waals surface area contributed by atoms with E-state index in [4.69, 9.17) is 16.3 Å². The first-order valence-corrected chi connectivity index (χ1v) is 9.04. The molecule has 0 radical (unpaired) electrons. The first-order chi connectivity index (χ1) is 11.2. The fourth-order valence-corrected chi connectivity index (χ4v) is 3.29. The number of halogens is 1. The van der Waals surface area contributed by atoms with E-state index in [9.17, 15) is 4.79 Å². The van der Waals surface area contributed by atoms with E-state index >= 15 is 0 Å². The summed E-state index contributed by atoms with van der Waals surface area (Å²) in [7, 11) is 0. The molecule has 5 heteroatoms. The van der Waals surface area contributed by atoms with Crippen molar-refractivity contribution in [2.45, 2.75) is 59.1 Å². The predicted octanol–water partition coefficient (Wildman–Crippen LogP) is 5.10. The molecule has 1 heterocycles. The molecule has 1 unspecified atom stereocenters. The fraction of sp³-hybridized carbons (Fsp3) is 0.632. The number of nitrogens with one attached hydrogen (secondary N) is 1. The monoisotopic (exact) mass is 352 g/mol. The molecule has 1 aromatic rings. The first kappa shape index (κ1) is 18.9. The Morgan fingerprint density at radius 2 is 1.96 bits per heavy atom. The predicted molar refractivity (Wildman–Crippen MR) is 99.8 cm³/mol. The average molecular weight is 353 g/mol. The molecule has 0 aromatic heterocycles. The number of nitrogens with zero attached hydrogens (tertiary/aromatic N) is 1. The summed E-state index contributed by atoms with van der Waals surface area (Å²) in [5.74, 6) is 0.541. The molecule has 0 aliphatic carbocycles. The number of aryl methyl sites for hydroxylation is 1. The SMILES string of the molecule is Cc1cc(Cl)ccc1NC(C)C1CCN(C(=O)OC(C)(C)C)CC1. The standard InChI is InChI=1S/C19H29ClN2O2/c1-13-12-16(20)6-7-17(13)21-14(2)15-8-10-22(11-9-15)18(23)24-19(3,4)5/h6-7,12,14-15,21H,8-11H2,1-5H3. The zero-order chi connectivity index (χ0) is 17.9. The lowest BCUT2D eigenvalue weighted by atomic mass is 9.90. The van der Waals surface area contributed by atoms with E-state index in [0.717, 1.165) is 42.2 Å². The number of likely N-dealkylation sites (tertiary alicyclic amines) is 1. The van der Waals surface area contributed by atoms with Crippen molar-refractivity contribution in [1.29, 1.82) is 0 Å². The summed E-state index contributed by atoms with van der Waals surface area (Å²) >= 11 is 6.02. The van der Waals surface area contributed by atoms with Crippen LogP contribution in [-0.2, 0) is 4.74 Å². The zero-order valence-corrected chi connectivity index (χ0v) is 16.1. The number of hydrogen-bond donors (Lipinski definition) is 1. The van der Waals surface area contributed by atoms with Gasteiger partial charge in [0.2, 0.25) is 0 Å². The average Bonchev–Trinajstić information content (AvgIpc) is 2.48. The van der Waals surface area contributed by atoms with Crippen LogP contribution in [-0.4, -0.2) is 35.7 Å². The van der Waals surface area contributed by atoms with Crippen LogP contribution in [0.1, 0.15) is 46.1 Å². The molecule has 1 fully saturated rings. The Labute approximate surface area is 150 Å². The highest BCUT2D eigenvalue weighted by Crippen LogP contribution is 2.26. The molecule has 2 rings (SSSR count). The number of ether oxygens (including phenoxy) is 1. The number of amides is 1. The second kappa shape index (κ2) is 7.64. The third kappa shape index (κ3) is 5.30. The molecule has 1 aromatic carbocycles. The van der Waals surface area contributed by atoms with Gasteiger partial charge in [-0.1, -0.05) is 11.6 Å². The van der Waals surface area contributed by atoms with E-state index in [1.54, 1.807) is 0 Å². The zero-order valence-electron chi connectivity index (χ0n) is 15.4. The number of rotatable bonds is 3. The maximum absolute atomic E-state index is 12.1. The van der Waals surface area contributed by atoms with Crippen molar-refractivity contribution >= 4 is 23.4 Å². The van der Waals surface area contributed by atoms with Gasteiger partial charge in [0.25, 0.3) is 0 Å². The summed E-state index contributed by atoms with van der Waals surface area (Å²) in [6.45, 7) is 11.5. The second-order valence-electron chi connectivity index (χ2n) is 7.70. The first-order valence-electron chi connectivity index (χ1n) is 8.66. The summed E-state index contributed by atoms with van der Waals surface area (Å²) < 4.78 is 5.45. The summed E-state index contributed by atoms with van der Waals surface area (Å²) in [6.07, 6.45) is 1.77. The van der Waals surface area contributed by atoms with Crippen molar-refractivity contribution in [3.05, 3.63) is 28.8 Å². The van der Waals surface area contributed by atoms with Crippen molar-refractivity contribution < 1.29 is 9.53 Å². The van der Waals surface area contributed by atoms with E-state index in [2.05, 4.69) is 19.2 Å². The molecule has 1 aliphatic rings. The molecule has 0 spiro atoms. The van der Waals surface area contributed by atoms with Crippen LogP contribution in [0.25, 0.3) is 0 Å². The van der Waals surface area contributed by atoms with Crippen LogP contribution in [0.15, 0.2) is 18.2 Å². The van der Waals surface area contributed by atoms with Crippen LogP contribution in [0.4, 0.5) is 10.5 Å². The third-order valence-corrected chi connectivity index (χ3v) is 4.71. The second-order valence-corrected chi connectivity index (χ2v) is 8.13. The Kier molecular flexibility index (Phi) is 6.02. The van der Waals surface area contributed by atoms with Gasteiger partial charge in [-0.25, -0.2) is 4.79 Å². The van der Waals surface area contributed by atoms with Crippen molar-refractivity contribution in [3.8, 4) is 0 Å². The van der Waals surface area contributed by atoms with Gasteiger partial charge in [0, 0.05) is 29.8 Å². The molecule has 1 N–H and O–H groups in total. The van der Waals surface area contributed by atoms with Crippen LogP contribution >= 0.6 is 11.6 Å². The fourth-order valence-electron chi connectivity index (χ4n) is 3.06. The lowest BCUT2D eigenvalue weighted by Crippen LogP contribution is -2.44. The molecule has 4 nitrogen and oxygen atoms in total. The smallest absolute Gasteiger partial charge is 0.410 e. The Hall–Kier alpha value is -1.42. The van der Waals surface area contributed by atoms with Crippen LogP contribution < -0.4 is 5.32 Å². The summed E-state index contributed by atoms with van der Waals surface area (Å²) in [5, 5.41) is 4.36. The number of anilines is 1. The number of carbonyl (C=O) groups is 1. The van der Waals surface area contributed by atoms with Crippen molar-refractivity contribution in [2.75, 3.05) is 18.4 Å². The maximum Gasteiger partial charge on any atom is 0.410 e. The van der Waals surface area contributed by atoms with Crippen LogP contribution in [0.2, 0.25) is 5.02 Å². The quantitative estimate of drug-likeness (QED) is 0.823. The normalized spacial score (nSPS) is 17.5. The largest absolute Gasteiger partial charge is 0.444 e. The van der Waals surface area contributed by atoms with Crippen molar-refractivity contribution in [2.24, 2.45) is 5.92 Å². The minimum atomic E-state index is -0.436. The van der Waals surface area contributed by atoms with Gasteiger partial charge in [-0.3, -0.25) is 0 Å². The van der Waals surface area contributed by atoms with Crippen LogP contribution in [0.5, 0.6) is 0 Å². The van der Waals surface area contributed by atoms with Gasteiger partial charge in [-0.15, -0.1) is 0 Å². The Morgan fingerprint density at radius 3 is 2.50 bits per heavy atom. The van der Waals surface area contributed by atoms with Gasteiger partial charge in [0.1, 0.15) is 5.60 Å². The number of piperidine rings is 1. The van der Waals surface area contributed by atoms with E-state index in [1.807, 2.05) is 43.9 Å². The minimum Gasteiger partial charge on any atom is -0.444 e. The lowest BCUT2D eigenvalue weighted by molar-refractivity contribution is 0.0179. The Bertz CT molecular complexity index is 575. The van der Waals surface area contributed by atoms with E-state index in [1.165, 1.54) is 0 Å². The Balaban J connectivity index is 1.86. The molecular weight excluding hydrogens is 324 g/mol. The van der Waals surface area contributed by atoms with Gasteiger partial charge in [0.05, 0.1) is 0 Å². The van der Waals surface area contributed by atoms with Crippen LogP contribution in [0.3, 0.4) is 0 Å². The molecule has 1 amide bonds. The highest BCUT2D eigenvalue weighted by molar-refractivity contribution is 6.30. The van der Waals surface area contributed by atoms with Gasteiger partial charge in [-0.2, -0.15) is 0 Å². The molecule has 1 atom stereocenters. The van der Waals surface area contributed by atoms with E-state index < -0.39 is 5.60 Å². The topological polar surface area (TPSA) is 41.6 Å². The highest BCUT2D eigenvalue weighted by Gasteiger charge is 2.29. The highest BCUT2D eigenvalue weighted by atomic mass is 35.5. The lowest BCUT2D eigenvalue weighted by Gasteiger charge is -2.36. The minimum absolute atomic E-state index is 0.199. The summed E-state index contributed by atoms with van der Waals surface area (Å²) in [6, 6.07) is 6.27. The number of hydrogen-bond acceptors (Lipinski definition) is 3. The van der Waals surface area contributed by atoms with Gasteiger partial charge >= 0.3 is 6.09 Å². The Morgan fingerprint density at radius 1 is 1.33 bits per heavy atom. The molecule has 134 valence electrons. The molecule has 1 saturated heterocycles. The van der Waals surface area contributed by atoms with Gasteiger partial charge < -0.3 is 15.0 Å². The number of carbonyl (C=O) groups excluding carboxylic acids is 1. The van der Waals surface area contributed by atoms with Crippen molar-refractivity contribution in [1.82, 2.24) is 4.90 Å². The summed E-state index contributed by atoms with van der Waals surface area (Å²) in [4.78, 5) is 14.0. The summed E-state index contributed by atoms with van der Waals surface area (Å²) in [5.41, 5.74) is 1.84. The maximum atomic E-state index is 12.1. The third-order valence-electron chi connectivity index (χ3n) is 4.47. The molecule has 1 aliphatic heterocycles. The molecule has 24 heavy (non-hydrogen) atoms. The molecular formula is C19H29ClN2O2. The van der Waals surface area contributed by atoms with Gasteiger partial charge in [-0.05, 0) is 77.1 Å². The van der Waals surface area contributed by atoms with E-state index in [0.29, 0.717) is 12.0 Å². The van der Waals surface area contributed by atoms with Crippen molar-refractivity contribution in [3.63, 3.8) is 0 Å².